The number of benzene rings is 5. The second-order valence-electron chi connectivity index (χ2n) is 11.4. The van der Waals surface area contributed by atoms with Crippen molar-refractivity contribution in [3.8, 4) is 0 Å². The Kier molecular flexibility index (Phi) is 5.87. The van der Waals surface area contributed by atoms with Gasteiger partial charge in [-0.25, -0.2) is 0 Å². The average Bonchev–Trinajstić information content (AvgIpc) is 3.51. The highest BCUT2D eigenvalue weighted by Crippen LogP contribution is 2.69. The average molecular weight is 553 g/mol. The molecule has 0 spiro atoms. The lowest BCUT2D eigenvalue weighted by Crippen LogP contribution is -2.65. The Morgan fingerprint density at radius 2 is 0.927 bits per heavy atom. The van der Waals surface area contributed by atoms with Gasteiger partial charge in [-0.1, -0.05) is 146 Å². The molecular formula is C37H32O3Si. The zero-order valence-corrected chi connectivity index (χ0v) is 23.9. The van der Waals surface area contributed by atoms with Crippen molar-refractivity contribution in [2.75, 3.05) is 13.2 Å². The summed E-state index contributed by atoms with van der Waals surface area (Å²) in [5.41, 5.74) is 3.72. The summed E-state index contributed by atoms with van der Waals surface area (Å²) in [7, 11) is -2.99. The molecule has 2 fully saturated rings. The van der Waals surface area contributed by atoms with Gasteiger partial charge < -0.3 is 13.6 Å². The van der Waals surface area contributed by atoms with Crippen molar-refractivity contribution >= 4 is 18.9 Å². The van der Waals surface area contributed by atoms with E-state index in [0.29, 0.717) is 13.2 Å². The van der Waals surface area contributed by atoms with E-state index in [4.69, 9.17) is 13.6 Å². The maximum absolute atomic E-state index is 7.61. The van der Waals surface area contributed by atoms with Crippen molar-refractivity contribution in [1.82, 2.24) is 0 Å². The molecule has 2 bridgehead atoms. The predicted molar refractivity (Wildman–Crippen MR) is 163 cm³/mol. The van der Waals surface area contributed by atoms with Crippen molar-refractivity contribution in [2.45, 2.75) is 17.6 Å². The minimum atomic E-state index is -2.99. The molecule has 3 heterocycles. The summed E-state index contributed by atoms with van der Waals surface area (Å²) in [6.45, 7) is 1.14. The van der Waals surface area contributed by atoms with E-state index in [1.54, 1.807) is 0 Å². The van der Waals surface area contributed by atoms with Crippen LogP contribution in [-0.2, 0) is 24.8 Å². The Balaban J connectivity index is 1.34. The van der Waals surface area contributed by atoms with Crippen LogP contribution in [0.25, 0.3) is 0 Å². The Labute approximate surface area is 242 Å². The molecule has 202 valence electrons. The van der Waals surface area contributed by atoms with Crippen LogP contribution in [0.4, 0.5) is 0 Å². The minimum absolute atomic E-state index is 0.100. The van der Waals surface area contributed by atoms with Crippen LogP contribution in [0.15, 0.2) is 146 Å². The second-order valence-corrected chi connectivity index (χ2v) is 14.3. The summed E-state index contributed by atoms with van der Waals surface area (Å²) >= 11 is 0. The molecule has 0 radical (unpaired) electrons. The highest BCUT2D eigenvalue weighted by Gasteiger charge is 2.71. The maximum atomic E-state index is 7.61. The first-order chi connectivity index (χ1) is 20.3. The van der Waals surface area contributed by atoms with Crippen molar-refractivity contribution in [3.63, 3.8) is 0 Å². The molecule has 4 unspecified atom stereocenters. The zero-order chi connectivity index (χ0) is 27.3. The van der Waals surface area contributed by atoms with Gasteiger partial charge in [0, 0.05) is 25.0 Å². The van der Waals surface area contributed by atoms with Crippen LogP contribution in [0.2, 0.25) is 0 Å². The fourth-order valence-corrected chi connectivity index (χ4v) is 11.0. The van der Waals surface area contributed by atoms with Crippen molar-refractivity contribution < 1.29 is 13.6 Å². The summed E-state index contributed by atoms with van der Waals surface area (Å²) in [5.74, 6) is 0.279. The number of hydrogen-bond donors (Lipinski definition) is 0. The topological polar surface area (TPSA) is 27.7 Å². The lowest BCUT2D eigenvalue weighted by atomic mass is 9.60. The molecule has 41 heavy (non-hydrogen) atoms. The van der Waals surface area contributed by atoms with Crippen molar-refractivity contribution in [1.29, 1.82) is 0 Å². The van der Waals surface area contributed by atoms with Crippen LogP contribution in [0.1, 0.15) is 28.7 Å². The van der Waals surface area contributed by atoms with Gasteiger partial charge in [-0.3, -0.25) is 0 Å². The number of ether oxygens (including phenoxy) is 1. The minimum Gasteiger partial charge on any atom is -0.388 e. The standard InChI is InChI=1S/C37H32O3Si/c1-5-15-28(16-6-1)36-32-23-13-14-24-33(32)37(40-36,29-17-7-2-8-18-29)35-27-39-41(38-26-25-34(35)36,30-19-9-3-10-20-30)31-21-11-4-12-22-31/h1-24,34-35H,25-27H2. The number of fused-ring (bicyclic) bond motifs is 8. The van der Waals surface area contributed by atoms with Crippen LogP contribution in [0, 0.1) is 11.8 Å². The highest BCUT2D eigenvalue weighted by atomic mass is 28.4. The molecule has 2 saturated heterocycles. The summed E-state index contributed by atoms with van der Waals surface area (Å²) in [4.78, 5) is 0. The van der Waals surface area contributed by atoms with Gasteiger partial charge in [-0.2, -0.15) is 0 Å². The van der Waals surface area contributed by atoms with E-state index in [0.717, 1.165) is 16.8 Å². The van der Waals surface area contributed by atoms with Gasteiger partial charge >= 0.3 is 8.56 Å². The third-order valence-electron chi connectivity index (χ3n) is 9.49. The quantitative estimate of drug-likeness (QED) is 0.251. The van der Waals surface area contributed by atoms with E-state index in [1.165, 1.54) is 22.3 Å². The number of rotatable bonds is 4. The van der Waals surface area contributed by atoms with Crippen LogP contribution < -0.4 is 10.4 Å². The van der Waals surface area contributed by atoms with Gasteiger partial charge in [-0.05, 0) is 39.0 Å². The van der Waals surface area contributed by atoms with Gasteiger partial charge in [0.2, 0.25) is 0 Å². The lowest BCUT2D eigenvalue weighted by molar-refractivity contribution is -0.0601. The lowest BCUT2D eigenvalue weighted by Gasteiger charge is -2.44. The molecule has 4 heteroatoms. The Hall–Kier alpha value is -3.80. The first-order valence-corrected chi connectivity index (χ1v) is 16.4. The van der Waals surface area contributed by atoms with Crippen LogP contribution in [-0.4, -0.2) is 21.8 Å². The molecular weight excluding hydrogens is 520 g/mol. The van der Waals surface area contributed by atoms with Crippen LogP contribution >= 0.6 is 0 Å². The van der Waals surface area contributed by atoms with Gasteiger partial charge in [0.25, 0.3) is 0 Å². The predicted octanol–water partition coefficient (Wildman–Crippen LogP) is 6.14. The van der Waals surface area contributed by atoms with E-state index in [2.05, 4.69) is 146 Å². The Morgan fingerprint density at radius 1 is 0.488 bits per heavy atom. The number of hydrogen-bond acceptors (Lipinski definition) is 3. The van der Waals surface area contributed by atoms with E-state index in [-0.39, 0.29) is 11.8 Å². The molecule has 0 amide bonds. The monoisotopic (exact) mass is 552 g/mol. The van der Waals surface area contributed by atoms with Gasteiger partial charge in [0.1, 0.15) is 11.2 Å². The fourth-order valence-electron chi connectivity index (χ4n) is 7.87. The van der Waals surface area contributed by atoms with E-state index < -0.39 is 19.8 Å². The van der Waals surface area contributed by atoms with Crippen molar-refractivity contribution in [2.24, 2.45) is 11.8 Å². The smallest absolute Gasteiger partial charge is 0.388 e. The normalized spacial score (nSPS) is 27.8. The van der Waals surface area contributed by atoms with Gasteiger partial charge in [-0.15, -0.1) is 0 Å². The molecule has 0 N–H and O–H groups in total. The van der Waals surface area contributed by atoms with E-state index in [9.17, 15) is 0 Å². The second kappa shape index (κ2) is 9.64. The first kappa shape index (κ1) is 24.9. The molecule has 3 aliphatic heterocycles. The summed E-state index contributed by atoms with van der Waals surface area (Å²) < 4.78 is 21.9. The largest absolute Gasteiger partial charge is 0.407 e. The highest BCUT2D eigenvalue weighted by molar-refractivity contribution is 6.92. The molecule has 5 aromatic carbocycles. The fraction of sp³-hybridized carbons (Fsp3) is 0.189. The Bertz CT molecular complexity index is 1620. The maximum Gasteiger partial charge on any atom is 0.407 e. The third kappa shape index (κ3) is 3.49. The molecule has 0 aliphatic carbocycles. The molecule has 0 saturated carbocycles. The summed E-state index contributed by atoms with van der Waals surface area (Å²) in [5, 5.41) is 2.28. The molecule has 4 atom stereocenters. The first-order valence-electron chi connectivity index (χ1n) is 14.6. The van der Waals surface area contributed by atoms with E-state index in [1.807, 2.05) is 0 Å². The van der Waals surface area contributed by atoms with Crippen molar-refractivity contribution in [3.05, 3.63) is 168 Å². The zero-order valence-electron chi connectivity index (χ0n) is 22.9. The summed E-state index contributed by atoms with van der Waals surface area (Å²) in [6.07, 6.45) is 0.875. The van der Waals surface area contributed by atoms with E-state index >= 15 is 0 Å². The molecule has 8 rings (SSSR count). The molecule has 3 aliphatic rings. The third-order valence-corrected chi connectivity index (χ3v) is 12.9. The SMILES string of the molecule is c1ccc(C23OC(c4ccccc4)(c4ccccc42)C2CO[Si](c4ccccc4)(c4ccccc4)OCCC23)cc1. The van der Waals surface area contributed by atoms with Crippen LogP contribution in [0.3, 0.4) is 0 Å². The van der Waals surface area contributed by atoms with Gasteiger partial charge in [0.05, 0.1) is 0 Å². The molecule has 0 aromatic heterocycles. The van der Waals surface area contributed by atoms with Crippen LogP contribution in [0.5, 0.6) is 0 Å². The Morgan fingerprint density at radius 3 is 1.44 bits per heavy atom. The molecule has 5 aromatic rings. The summed E-state index contributed by atoms with van der Waals surface area (Å²) in [6, 6.07) is 51.6. The molecule has 3 nitrogen and oxygen atoms in total. The van der Waals surface area contributed by atoms with Gasteiger partial charge in [0.15, 0.2) is 0 Å².